The summed E-state index contributed by atoms with van der Waals surface area (Å²) >= 11 is 1.16. The number of nitrogens with two attached hydrogens (primary N) is 1. The molecule has 0 bridgehead atoms. The lowest BCUT2D eigenvalue weighted by Crippen LogP contribution is -2.42. The maximum Gasteiger partial charge on any atom is 0.433 e. The first-order valence-electron chi connectivity index (χ1n) is 7.52. The Morgan fingerprint density at radius 1 is 1.33 bits per heavy atom. The number of carbonyl (C=O) groups is 1. The van der Waals surface area contributed by atoms with Crippen LogP contribution in [0.25, 0.3) is 10.6 Å². The number of rotatable bonds is 2. The molecule has 9 heteroatoms. The van der Waals surface area contributed by atoms with Gasteiger partial charge < -0.3 is 10.6 Å². The molecular weight excluding hydrogens is 341 g/mol. The lowest BCUT2D eigenvalue weighted by atomic mass is 10.1. The number of aryl methyl sites for hydroxylation is 1. The third-order valence-corrected chi connectivity index (χ3v) is 5.16. The van der Waals surface area contributed by atoms with Crippen molar-refractivity contribution in [3.05, 3.63) is 28.8 Å². The highest BCUT2D eigenvalue weighted by molar-refractivity contribution is 7.17. The fraction of sp³-hybridized carbons (Fsp3) is 0.467. The molecular formula is C15H17F3N4OS. The third-order valence-electron chi connectivity index (χ3n) is 4.07. The van der Waals surface area contributed by atoms with E-state index in [1.54, 1.807) is 17.0 Å². The molecule has 1 aliphatic heterocycles. The Bertz CT molecular complexity index is 744. The molecule has 3 rings (SSSR count). The number of aromatic nitrogens is 2. The van der Waals surface area contributed by atoms with Crippen molar-refractivity contribution in [1.29, 1.82) is 0 Å². The van der Waals surface area contributed by atoms with Crippen LogP contribution in [0, 0.1) is 0 Å². The minimum Gasteiger partial charge on any atom is -0.338 e. The van der Waals surface area contributed by atoms with Crippen molar-refractivity contribution in [2.24, 2.45) is 12.8 Å². The molecule has 2 aromatic heterocycles. The van der Waals surface area contributed by atoms with Crippen LogP contribution in [0.2, 0.25) is 0 Å². The van der Waals surface area contributed by atoms with E-state index in [4.69, 9.17) is 5.73 Å². The van der Waals surface area contributed by atoms with Crippen molar-refractivity contribution in [1.82, 2.24) is 14.7 Å². The second kappa shape index (κ2) is 6.21. The normalized spacial score (nSPS) is 16.6. The molecule has 0 aromatic carbocycles. The Morgan fingerprint density at radius 3 is 2.58 bits per heavy atom. The predicted octanol–water partition coefficient (Wildman–Crippen LogP) is 2.73. The first-order valence-corrected chi connectivity index (χ1v) is 8.33. The summed E-state index contributed by atoms with van der Waals surface area (Å²) in [5, 5.41) is 3.91. The third kappa shape index (κ3) is 3.32. The maximum absolute atomic E-state index is 12.9. The standard InChI is InChI=1S/C15H17F3N4OS/c1-21-13(15(16,17)18)8-10(20-21)11-2-3-12(24-11)14(23)22-6-4-9(19)5-7-22/h2-3,8-9H,4-7,19H2,1H3. The molecule has 24 heavy (non-hydrogen) atoms. The molecule has 5 nitrogen and oxygen atoms in total. The molecule has 0 unspecified atom stereocenters. The summed E-state index contributed by atoms with van der Waals surface area (Å²) in [4.78, 5) is 15.2. The van der Waals surface area contributed by atoms with Gasteiger partial charge in [0.15, 0.2) is 0 Å². The van der Waals surface area contributed by atoms with Crippen LogP contribution in [0.1, 0.15) is 28.2 Å². The van der Waals surface area contributed by atoms with Crippen molar-refractivity contribution < 1.29 is 18.0 Å². The van der Waals surface area contributed by atoms with Gasteiger partial charge in [-0.05, 0) is 31.0 Å². The van der Waals surface area contributed by atoms with E-state index in [1.807, 2.05) is 0 Å². The largest absolute Gasteiger partial charge is 0.433 e. The average molecular weight is 358 g/mol. The summed E-state index contributed by atoms with van der Waals surface area (Å²) in [5.41, 5.74) is 5.23. The Kier molecular flexibility index (Phi) is 4.39. The zero-order chi connectivity index (χ0) is 17.5. The van der Waals surface area contributed by atoms with Gasteiger partial charge in [-0.2, -0.15) is 18.3 Å². The lowest BCUT2D eigenvalue weighted by Gasteiger charge is -2.29. The van der Waals surface area contributed by atoms with Gasteiger partial charge in [0.05, 0.1) is 9.75 Å². The number of piperidine rings is 1. The molecule has 0 atom stereocenters. The molecule has 1 fully saturated rings. The summed E-state index contributed by atoms with van der Waals surface area (Å²) in [6.45, 7) is 1.21. The maximum atomic E-state index is 12.9. The number of hydrogen-bond acceptors (Lipinski definition) is 4. The number of thiophene rings is 1. The number of halogens is 3. The monoisotopic (exact) mass is 358 g/mol. The van der Waals surface area contributed by atoms with Gasteiger partial charge in [-0.3, -0.25) is 9.48 Å². The minimum absolute atomic E-state index is 0.106. The zero-order valence-corrected chi connectivity index (χ0v) is 13.8. The van der Waals surface area contributed by atoms with E-state index in [1.165, 1.54) is 7.05 Å². The van der Waals surface area contributed by atoms with Crippen LogP contribution in [0.5, 0.6) is 0 Å². The molecule has 1 saturated heterocycles. The highest BCUT2D eigenvalue weighted by atomic mass is 32.1. The van der Waals surface area contributed by atoms with Gasteiger partial charge >= 0.3 is 6.18 Å². The van der Waals surface area contributed by atoms with Crippen LogP contribution >= 0.6 is 11.3 Å². The summed E-state index contributed by atoms with van der Waals surface area (Å²) in [5.74, 6) is -0.106. The lowest BCUT2D eigenvalue weighted by molar-refractivity contribution is -0.143. The minimum atomic E-state index is -4.46. The Labute approximate surface area is 140 Å². The van der Waals surface area contributed by atoms with E-state index in [2.05, 4.69) is 5.10 Å². The first-order chi connectivity index (χ1) is 11.3. The Hall–Kier alpha value is -1.87. The Balaban J connectivity index is 1.80. The number of likely N-dealkylation sites (tertiary alicyclic amines) is 1. The molecule has 0 spiro atoms. The highest BCUT2D eigenvalue weighted by Crippen LogP contribution is 2.34. The molecule has 1 amide bonds. The number of carbonyl (C=O) groups excluding carboxylic acids is 1. The smallest absolute Gasteiger partial charge is 0.338 e. The van der Waals surface area contributed by atoms with Crippen LogP contribution < -0.4 is 5.73 Å². The highest BCUT2D eigenvalue weighted by Gasteiger charge is 2.35. The van der Waals surface area contributed by atoms with E-state index in [9.17, 15) is 18.0 Å². The molecule has 0 radical (unpaired) electrons. The van der Waals surface area contributed by atoms with Crippen molar-refractivity contribution in [2.75, 3.05) is 13.1 Å². The van der Waals surface area contributed by atoms with Gasteiger partial charge in [0.25, 0.3) is 5.91 Å². The molecule has 3 heterocycles. The molecule has 130 valence electrons. The zero-order valence-electron chi connectivity index (χ0n) is 13.0. The van der Waals surface area contributed by atoms with Gasteiger partial charge in [-0.1, -0.05) is 0 Å². The van der Waals surface area contributed by atoms with E-state index >= 15 is 0 Å². The number of amides is 1. The van der Waals surface area contributed by atoms with E-state index in [0.29, 0.717) is 22.8 Å². The second-order valence-electron chi connectivity index (χ2n) is 5.83. The SMILES string of the molecule is Cn1nc(-c2ccc(C(=O)N3CCC(N)CC3)s2)cc1C(F)(F)F. The van der Waals surface area contributed by atoms with Crippen LogP contribution in [-0.2, 0) is 13.2 Å². The molecule has 2 N–H and O–H groups in total. The van der Waals surface area contributed by atoms with E-state index in [-0.39, 0.29) is 17.6 Å². The molecule has 0 aliphatic carbocycles. The van der Waals surface area contributed by atoms with Crippen LogP contribution in [0.4, 0.5) is 13.2 Å². The number of alkyl halides is 3. The fourth-order valence-corrected chi connectivity index (χ4v) is 3.63. The molecule has 2 aromatic rings. The van der Waals surface area contributed by atoms with Crippen molar-refractivity contribution in [3.8, 4) is 10.6 Å². The summed E-state index contributed by atoms with van der Waals surface area (Å²) in [7, 11) is 1.25. The van der Waals surface area contributed by atoms with Crippen LogP contribution in [0.15, 0.2) is 18.2 Å². The quantitative estimate of drug-likeness (QED) is 0.898. The van der Waals surface area contributed by atoms with Crippen molar-refractivity contribution in [3.63, 3.8) is 0 Å². The second-order valence-corrected chi connectivity index (χ2v) is 6.91. The average Bonchev–Trinajstić information content (AvgIpc) is 3.13. The number of nitrogens with zero attached hydrogens (tertiary/aromatic N) is 3. The van der Waals surface area contributed by atoms with Crippen molar-refractivity contribution in [2.45, 2.75) is 25.1 Å². The fourth-order valence-electron chi connectivity index (χ4n) is 2.70. The Morgan fingerprint density at radius 2 is 2.00 bits per heavy atom. The summed E-state index contributed by atoms with van der Waals surface area (Å²) in [6, 6.07) is 4.40. The first kappa shape index (κ1) is 17.0. The van der Waals surface area contributed by atoms with E-state index in [0.717, 1.165) is 34.9 Å². The van der Waals surface area contributed by atoms with E-state index < -0.39 is 11.9 Å². The summed E-state index contributed by atoms with van der Waals surface area (Å²) in [6.07, 6.45) is -2.93. The van der Waals surface area contributed by atoms with Crippen molar-refractivity contribution >= 4 is 17.2 Å². The van der Waals surface area contributed by atoms with Gasteiger partial charge in [0.2, 0.25) is 0 Å². The van der Waals surface area contributed by atoms with Gasteiger partial charge in [-0.15, -0.1) is 11.3 Å². The summed E-state index contributed by atoms with van der Waals surface area (Å²) < 4.78 is 39.4. The molecule has 1 aliphatic rings. The predicted molar refractivity (Wildman–Crippen MR) is 84.6 cm³/mol. The van der Waals surface area contributed by atoms with Crippen LogP contribution in [0.3, 0.4) is 0 Å². The van der Waals surface area contributed by atoms with Gasteiger partial charge in [-0.25, -0.2) is 0 Å². The topological polar surface area (TPSA) is 64.2 Å². The van der Waals surface area contributed by atoms with Crippen LogP contribution in [-0.4, -0.2) is 39.7 Å². The molecule has 0 saturated carbocycles. The van der Waals surface area contributed by atoms with Gasteiger partial charge in [0.1, 0.15) is 11.4 Å². The number of hydrogen-bond donors (Lipinski definition) is 1. The van der Waals surface area contributed by atoms with Gasteiger partial charge in [0, 0.05) is 26.2 Å².